The molecule has 0 saturated heterocycles. The maximum absolute atomic E-state index is 6.28. The third-order valence-corrected chi connectivity index (χ3v) is 4.24. The van der Waals surface area contributed by atoms with E-state index in [0.717, 1.165) is 46.9 Å². The Hall–Kier alpha value is -1.77. The van der Waals surface area contributed by atoms with E-state index < -0.39 is 0 Å². The zero-order chi connectivity index (χ0) is 14.1. The second-order valence-corrected chi connectivity index (χ2v) is 6.23. The highest BCUT2D eigenvalue weighted by molar-refractivity contribution is 5.96. The number of fused-ring (bicyclic) bond motifs is 1. The van der Waals surface area contributed by atoms with Gasteiger partial charge >= 0.3 is 0 Å². The van der Waals surface area contributed by atoms with Crippen molar-refractivity contribution in [2.45, 2.75) is 39.2 Å². The lowest BCUT2D eigenvalue weighted by atomic mass is 9.82. The molecule has 1 fully saturated rings. The number of anilines is 1. The molecule has 20 heavy (non-hydrogen) atoms. The van der Waals surface area contributed by atoms with Gasteiger partial charge in [0, 0.05) is 28.9 Å². The molecular formula is C17H22N2O. The van der Waals surface area contributed by atoms with Crippen LogP contribution in [0.3, 0.4) is 0 Å². The van der Waals surface area contributed by atoms with Crippen LogP contribution in [0.15, 0.2) is 30.6 Å². The van der Waals surface area contributed by atoms with Crippen molar-refractivity contribution >= 4 is 16.5 Å². The Morgan fingerprint density at radius 3 is 2.55 bits per heavy atom. The normalized spacial score (nSPS) is 26.6. The van der Waals surface area contributed by atoms with Crippen molar-refractivity contribution in [3.63, 3.8) is 0 Å². The Morgan fingerprint density at radius 2 is 1.80 bits per heavy atom. The van der Waals surface area contributed by atoms with E-state index in [-0.39, 0.29) is 0 Å². The number of pyridine rings is 1. The summed E-state index contributed by atoms with van der Waals surface area (Å²) in [7, 11) is 0. The molecule has 1 heterocycles. The summed E-state index contributed by atoms with van der Waals surface area (Å²) in [6, 6.07) is 5.88. The van der Waals surface area contributed by atoms with Crippen LogP contribution in [0, 0.1) is 11.8 Å². The predicted molar refractivity (Wildman–Crippen MR) is 82.8 cm³/mol. The Balaban J connectivity index is 1.89. The van der Waals surface area contributed by atoms with Gasteiger partial charge in [0.15, 0.2) is 0 Å². The maximum atomic E-state index is 6.28. The number of benzene rings is 1. The minimum absolute atomic E-state index is 0.314. The first kappa shape index (κ1) is 13.2. The molecule has 0 bridgehead atoms. The first-order valence-corrected chi connectivity index (χ1v) is 7.42. The van der Waals surface area contributed by atoms with Crippen molar-refractivity contribution in [1.29, 1.82) is 0 Å². The van der Waals surface area contributed by atoms with Crippen LogP contribution in [0.2, 0.25) is 0 Å². The number of ether oxygens (including phenoxy) is 1. The van der Waals surface area contributed by atoms with E-state index in [1.54, 1.807) is 6.20 Å². The molecule has 1 saturated carbocycles. The summed E-state index contributed by atoms with van der Waals surface area (Å²) in [6.07, 6.45) is 7.51. The van der Waals surface area contributed by atoms with Crippen molar-refractivity contribution in [2.75, 3.05) is 5.73 Å². The molecule has 106 valence electrons. The fraction of sp³-hybridized carbons (Fsp3) is 0.471. The second kappa shape index (κ2) is 5.31. The van der Waals surface area contributed by atoms with Crippen LogP contribution in [0.1, 0.15) is 33.1 Å². The third kappa shape index (κ3) is 2.58. The van der Waals surface area contributed by atoms with Crippen LogP contribution in [0.4, 0.5) is 5.69 Å². The van der Waals surface area contributed by atoms with Crippen LogP contribution in [0.25, 0.3) is 10.8 Å². The molecule has 2 N–H and O–H groups in total. The van der Waals surface area contributed by atoms with Gasteiger partial charge < -0.3 is 10.5 Å². The van der Waals surface area contributed by atoms with Crippen LogP contribution in [-0.4, -0.2) is 11.1 Å². The molecule has 0 amide bonds. The molecule has 3 heteroatoms. The molecule has 2 atom stereocenters. The average Bonchev–Trinajstić information content (AvgIpc) is 2.41. The molecular weight excluding hydrogens is 248 g/mol. The Kier molecular flexibility index (Phi) is 3.51. The molecule has 2 aromatic rings. The number of rotatable bonds is 2. The number of hydrogen-bond donors (Lipinski definition) is 1. The molecule has 1 aliphatic rings. The number of nitrogen functional groups attached to an aromatic ring is 1. The first-order chi connectivity index (χ1) is 9.63. The number of hydrogen-bond acceptors (Lipinski definition) is 3. The predicted octanol–water partition coefficient (Wildman–Crippen LogP) is 4.02. The molecule has 1 aliphatic carbocycles. The fourth-order valence-electron chi connectivity index (χ4n) is 3.44. The van der Waals surface area contributed by atoms with E-state index in [1.165, 1.54) is 6.42 Å². The van der Waals surface area contributed by atoms with Crippen LogP contribution in [0.5, 0.6) is 5.75 Å². The quantitative estimate of drug-likeness (QED) is 0.838. The standard InChI is InChI=1S/C17H22N2O/c1-11-7-12(2)9-13(8-11)20-17-4-3-16(18)15-10-19-6-5-14(15)17/h3-6,10-13H,7-9,18H2,1-2H3. The summed E-state index contributed by atoms with van der Waals surface area (Å²) < 4.78 is 6.28. The van der Waals surface area contributed by atoms with Gasteiger partial charge in [0.2, 0.25) is 0 Å². The minimum atomic E-state index is 0.314. The van der Waals surface area contributed by atoms with Crippen molar-refractivity contribution in [1.82, 2.24) is 4.98 Å². The molecule has 1 aromatic carbocycles. The number of nitrogens with zero attached hydrogens (tertiary/aromatic N) is 1. The van der Waals surface area contributed by atoms with Gasteiger partial charge in [0.05, 0.1) is 6.10 Å². The topological polar surface area (TPSA) is 48.1 Å². The van der Waals surface area contributed by atoms with Gasteiger partial charge in [0.1, 0.15) is 5.75 Å². The van der Waals surface area contributed by atoms with Crippen LogP contribution >= 0.6 is 0 Å². The molecule has 0 spiro atoms. The number of aromatic nitrogens is 1. The van der Waals surface area contributed by atoms with Gasteiger partial charge in [0.25, 0.3) is 0 Å². The summed E-state index contributed by atoms with van der Waals surface area (Å²) in [4.78, 5) is 4.15. The lowest BCUT2D eigenvalue weighted by Gasteiger charge is -2.32. The fourth-order valence-corrected chi connectivity index (χ4v) is 3.44. The Morgan fingerprint density at radius 1 is 1.05 bits per heavy atom. The molecule has 0 radical (unpaired) electrons. The van der Waals surface area contributed by atoms with Crippen molar-refractivity contribution in [2.24, 2.45) is 11.8 Å². The van der Waals surface area contributed by atoms with E-state index in [0.29, 0.717) is 6.10 Å². The van der Waals surface area contributed by atoms with Gasteiger partial charge in [-0.3, -0.25) is 4.98 Å². The Bertz CT molecular complexity index is 601. The largest absolute Gasteiger partial charge is 0.490 e. The second-order valence-electron chi connectivity index (χ2n) is 6.23. The smallest absolute Gasteiger partial charge is 0.127 e. The lowest BCUT2D eigenvalue weighted by molar-refractivity contribution is 0.102. The molecule has 1 aromatic heterocycles. The third-order valence-electron chi connectivity index (χ3n) is 4.24. The zero-order valence-corrected chi connectivity index (χ0v) is 12.2. The van der Waals surface area contributed by atoms with Crippen molar-refractivity contribution < 1.29 is 4.74 Å². The van der Waals surface area contributed by atoms with Gasteiger partial charge in [-0.25, -0.2) is 0 Å². The first-order valence-electron chi connectivity index (χ1n) is 7.42. The van der Waals surface area contributed by atoms with Crippen molar-refractivity contribution in [3.05, 3.63) is 30.6 Å². The zero-order valence-electron chi connectivity index (χ0n) is 12.2. The highest BCUT2D eigenvalue weighted by Gasteiger charge is 2.25. The maximum Gasteiger partial charge on any atom is 0.127 e. The summed E-state index contributed by atoms with van der Waals surface area (Å²) in [5.41, 5.74) is 6.76. The SMILES string of the molecule is CC1CC(C)CC(Oc2ccc(N)c3cnccc23)C1. The van der Waals surface area contributed by atoms with E-state index in [1.807, 2.05) is 24.4 Å². The van der Waals surface area contributed by atoms with Crippen LogP contribution in [-0.2, 0) is 0 Å². The van der Waals surface area contributed by atoms with Gasteiger partial charge in [-0.15, -0.1) is 0 Å². The number of nitrogens with two attached hydrogens (primary N) is 1. The van der Waals surface area contributed by atoms with E-state index >= 15 is 0 Å². The summed E-state index contributed by atoms with van der Waals surface area (Å²) in [6.45, 7) is 4.63. The van der Waals surface area contributed by atoms with Gasteiger partial charge in [-0.2, -0.15) is 0 Å². The van der Waals surface area contributed by atoms with Gasteiger partial charge in [-0.05, 0) is 49.3 Å². The molecule has 3 rings (SSSR count). The molecule has 2 unspecified atom stereocenters. The van der Waals surface area contributed by atoms with E-state index in [9.17, 15) is 0 Å². The molecule has 3 nitrogen and oxygen atoms in total. The van der Waals surface area contributed by atoms with E-state index in [2.05, 4.69) is 18.8 Å². The monoisotopic (exact) mass is 270 g/mol. The summed E-state index contributed by atoms with van der Waals surface area (Å²) >= 11 is 0. The van der Waals surface area contributed by atoms with Gasteiger partial charge in [-0.1, -0.05) is 13.8 Å². The summed E-state index contributed by atoms with van der Waals surface area (Å²) in [5, 5.41) is 2.03. The highest BCUT2D eigenvalue weighted by atomic mass is 16.5. The Labute approximate surface area is 120 Å². The highest BCUT2D eigenvalue weighted by Crippen LogP contribution is 2.35. The minimum Gasteiger partial charge on any atom is -0.490 e. The van der Waals surface area contributed by atoms with E-state index in [4.69, 9.17) is 10.5 Å². The average molecular weight is 270 g/mol. The molecule has 0 aliphatic heterocycles. The summed E-state index contributed by atoms with van der Waals surface area (Å²) in [5.74, 6) is 2.42. The lowest BCUT2D eigenvalue weighted by Crippen LogP contribution is -2.28. The van der Waals surface area contributed by atoms with Crippen molar-refractivity contribution in [3.8, 4) is 5.75 Å². The van der Waals surface area contributed by atoms with Crippen LogP contribution < -0.4 is 10.5 Å².